The van der Waals surface area contributed by atoms with E-state index < -0.39 is 12.1 Å². The summed E-state index contributed by atoms with van der Waals surface area (Å²) in [5.74, 6) is -1.01. The Morgan fingerprint density at radius 1 is 1.36 bits per heavy atom. The van der Waals surface area contributed by atoms with Crippen LogP contribution in [0.15, 0.2) is 18.2 Å². The van der Waals surface area contributed by atoms with Crippen LogP contribution in [-0.4, -0.2) is 47.2 Å². The van der Waals surface area contributed by atoms with Gasteiger partial charge in [0.05, 0.1) is 12.6 Å². The van der Waals surface area contributed by atoms with Gasteiger partial charge in [-0.15, -0.1) is 0 Å². The molecular weight excluding hydrogens is 306 g/mol. The molecule has 2 rings (SSSR count). The van der Waals surface area contributed by atoms with Crippen molar-refractivity contribution in [2.75, 3.05) is 13.1 Å². The molecule has 0 aromatic heterocycles. The van der Waals surface area contributed by atoms with Gasteiger partial charge in [-0.25, -0.2) is 4.79 Å². The predicted octanol–water partition coefficient (Wildman–Crippen LogP) is 2.78. The lowest BCUT2D eigenvalue weighted by molar-refractivity contribution is -0.160. The van der Waals surface area contributed by atoms with Crippen molar-refractivity contribution in [3.8, 4) is 0 Å². The quantitative estimate of drug-likeness (QED) is 0.928. The molecule has 5 nitrogen and oxygen atoms in total. The molecule has 1 heterocycles. The highest BCUT2D eigenvalue weighted by molar-refractivity contribution is 6.31. The number of carboxylic acid groups (broad SMARTS) is 1. The summed E-state index contributed by atoms with van der Waals surface area (Å²) in [5, 5.41) is 9.64. The fourth-order valence-corrected chi connectivity index (χ4v) is 2.96. The second-order valence-corrected chi connectivity index (χ2v) is 6.28. The average molecular weight is 326 g/mol. The van der Waals surface area contributed by atoms with Crippen LogP contribution in [0.5, 0.6) is 0 Å². The highest BCUT2D eigenvalue weighted by atomic mass is 35.5. The number of hydrogen-bond acceptors (Lipinski definition) is 3. The van der Waals surface area contributed by atoms with Gasteiger partial charge in [0.15, 0.2) is 6.10 Å². The van der Waals surface area contributed by atoms with Crippen LogP contribution in [0.25, 0.3) is 0 Å². The molecule has 0 aliphatic carbocycles. The molecule has 1 aliphatic rings. The molecule has 1 aromatic rings. The summed E-state index contributed by atoms with van der Waals surface area (Å²) < 4.78 is 5.32. The van der Waals surface area contributed by atoms with Crippen LogP contribution >= 0.6 is 11.6 Å². The number of amides is 1. The number of carboxylic acids is 1. The number of carbonyl (C=O) groups is 2. The van der Waals surface area contributed by atoms with Crippen LogP contribution in [-0.2, 0) is 9.53 Å². The largest absolute Gasteiger partial charge is 0.479 e. The first-order valence-electron chi connectivity index (χ1n) is 7.26. The van der Waals surface area contributed by atoms with Crippen LogP contribution in [0.2, 0.25) is 5.02 Å². The van der Waals surface area contributed by atoms with Gasteiger partial charge in [-0.3, -0.25) is 4.79 Å². The molecule has 1 aromatic carbocycles. The van der Waals surface area contributed by atoms with Crippen molar-refractivity contribution in [3.63, 3.8) is 0 Å². The van der Waals surface area contributed by atoms with Crippen LogP contribution < -0.4 is 0 Å². The Bertz CT molecular complexity index is 588. The van der Waals surface area contributed by atoms with Gasteiger partial charge in [0, 0.05) is 17.1 Å². The van der Waals surface area contributed by atoms with Crippen molar-refractivity contribution in [3.05, 3.63) is 34.3 Å². The highest BCUT2D eigenvalue weighted by Crippen LogP contribution is 2.26. The summed E-state index contributed by atoms with van der Waals surface area (Å²) in [7, 11) is 0. The first kappa shape index (κ1) is 16.8. The van der Waals surface area contributed by atoms with Gasteiger partial charge in [0.25, 0.3) is 5.91 Å². The molecule has 1 unspecified atom stereocenters. The van der Waals surface area contributed by atoms with Gasteiger partial charge in [-0.05, 0) is 30.5 Å². The standard InChI is InChI=1S/C16H20ClNO4/c1-9(2)12-5-4-11(6-13(12)17)15(19)18-7-10(3)22-14(8-18)16(20)21/h4-6,9-10,14H,7-8H2,1-3H3,(H,20,21)/t10-,14?/m1/s1. The molecule has 1 saturated heterocycles. The fourth-order valence-electron chi connectivity index (χ4n) is 2.56. The van der Waals surface area contributed by atoms with E-state index in [1.165, 1.54) is 4.90 Å². The second-order valence-electron chi connectivity index (χ2n) is 5.87. The molecule has 0 saturated carbocycles. The minimum atomic E-state index is -1.06. The number of morpholine rings is 1. The fraction of sp³-hybridized carbons (Fsp3) is 0.500. The number of aliphatic carboxylic acids is 1. The molecule has 22 heavy (non-hydrogen) atoms. The van der Waals surface area contributed by atoms with Crippen LogP contribution in [0, 0.1) is 0 Å². The van der Waals surface area contributed by atoms with Gasteiger partial charge in [0.2, 0.25) is 0 Å². The molecule has 120 valence electrons. The van der Waals surface area contributed by atoms with E-state index in [9.17, 15) is 9.59 Å². The Morgan fingerprint density at radius 2 is 2.05 bits per heavy atom. The van der Waals surface area contributed by atoms with Crippen LogP contribution in [0.4, 0.5) is 0 Å². The third-order valence-corrected chi connectivity index (χ3v) is 4.02. The van der Waals surface area contributed by atoms with Gasteiger partial charge in [0.1, 0.15) is 0 Å². The summed E-state index contributed by atoms with van der Waals surface area (Å²) in [6.45, 7) is 6.23. The Morgan fingerprint density at radius 3 is 2.59 bits per heavy atom. The lowest BCUT2D eigenvalue weighted by Crippen LogP contribution is -2.51. The molecular formula is C16H20ClNO4. The average Bonchev–Trinajstić information content (AvgIpc) is 2.45. The first-order valence-corrected chi connectivity index (χ1v) is 7.64. The SMILES string of the molecule is CC(C)c1ccc(C(=O)N2CC(C(=O)O)O[C@H](C)C2)cc1Cl. The zero-order valence-corrected chi connectivity index (χ0v) is 13.6. The summed E-state index contributed by atoms with van der Waals surface area (Å²) in [4.78, 5) is 25.2. The van der Waals surface area contributed by atoms with E-state index in [1.807, 2.05) is 19.9 Å². The predicted molar refractivity (Wildman–Crippen MR) is 83.4 cm³/mol. The molecule has 0 radical (unpaired) electrons. The highest BCUT2D eigenvalue weighted by Gasteiger charge is 2.33. The zero-order chi connectivity index (χ0) is 16.4. The maximum atomic E-state index is 12.6. The van der Waals surface area contributed by atoms with Gasteiger partial charge >= 0.3 is 5.97 Å². The third kappa shape index (κ3) is 3.59. The number of hydrogen-bond donors (Lipinski definition) is 1. The normalized spacial score (nSPS) is 22.0. The Kier molecular flexibility index (Phi) is 5.08. The summed E-state index contributed by atoms with van der Waals surface area (Å²) in [5.41, 5.74) is 1.45. The minimum absolute atomic E-state index is 0.0437. The maximum absolute atomic E-state index is 12.6. The van der Waals surface area contributed by atoms with E-state index in [0.29, 0.717) is 17.1 Å². The van der Waals surface area contributed by atoms with Crippen molar-refractivity contribution in [2.24, 2.45) is 0 Å². The number of halogens is 1. The smallest absolute Gasteiger partial charge is 0.334 e. The summed E-state index contributed by atoms with van der Waals surface area (Å²) in [6.07, 6.45) is -1.30. The number of benzene rings is 1. The van der Waals surface area contributed by atoms with Crippen LogP contribution in [0.1, 0.15) is 42.6 Å². The maximum Gasteiger partial charge on any atom is 0.334 e. The van der Waals surface area contributed by atoms with Crippen molar-refractivity contribution >= 4 is 23.5 Å². The monoisotopic (exact) mass is 325 g/mol. The number of carbonyl (C=O) groups excluding carboxylic acids is 1. The lowest BCUT2D eigenvalue weighted by atomic mass is 10.0. The zero-order valence-electron chi connectivity index (χ0n) is 12.9. The molecule has 2 atom stereocenters. The van der Waals surface area contributed by atoms with E-state index in [0.717, 1.165) is 5.56 Å². The molecule has 0 bridgehead atoms. The molecule has 1 aliphatic heterocycles. The molecule has 6 heteroatoms. The van der Waals surface area contributed by atoms with Gasteiger partial charge < -0.3 is 14.7 Å². The molecule has 1 fully saturated rings. The number of rotatable bonds is 3. The van der Waals surface area contributed by atoms with Crippen molar-refractivity contribution in [1.82, 2.24) is 4.90 Å². The van der Waals surface area contributed by atoms with E-state index in [1.54, 1.807) is 19.1 Å². The Hall–Kier alpha value is -1.59. The van der Waals surface area contributed by atoms with Crippen molar-refractivity contribution in [2.45, 2.75) is 38.9 Å². The molecule has 0 spiro atoms. The third-order valence-electron chi connectivity index (χ3n) is 3.69. The second kappa shape index (κ2) is 6.67. The first-order chi connectivity index (χ1) is 10.3. The number of ether oxygens (including phenoxy) is 1. The topological polar surface area (TPSA) is 66.8 Å². The van der Waals surface area contributed by atoms with E-state index in [4.69, 9.17) is 21.4 Å². The molecule has 1 N–H and O–H groups in total. The van der Waals surface area contributed by atoms with Crippen LogP contribution in [0.3, 0.4) is 0 Å². The van der Waals surface area contributed by atoms with E-state index >= 15 is 0 Å². The lowest BCUT2D eigenvalue weighted by Gasteiger charge is -2.35. The Labute approximate surface area is 134 Å². The minimum Gasteiger partial charge on any atom is -0.479 e. The summed E-state index contributed by atoms with van der Waals surface area (Å²) in [6, 6.07) is 5.23. The Balaban J connectivity index is 2.20. The van der Waals surface area contributed by atoms with Crippen molar-refractivity contribution < 1.29 is 19.4 Å². The summed E-state index contributed by atoms with van der Waals surface area (Å²) >= 11 is 6.23. The van der Waals surface area contributed by atoms with Gasteiger partial charge in [-0.2, -0.15) is 0 Å². The number of nitrogens with zero attached hydrogens (tertiary/aromatic N) is 1. The van der Waals surface area contributed by atoms with Gasteiger partial charge in [-0.1, -0.05) is 31.5 Å². The molecule has 1 amide bonds. The van der Waals surface area contributed by atoms with E-state index in [2.05, 4.69) is 0 Å². The van der Waals surface area contributed by atoms with Crippen molar-refractivity contribution in [1.29, 1.82) is 0 Å². The van der Waals surface area contributed by atoms with E-state index in [-0.39, 0.29) is 24.5 Å².